The van der Waals surface area contributed by atoms with E-state index in [0.717, 1.165) is 5.56 Å². The molecular formula is C12H14O3S2. The van der Waals surface area contributed by atoms with Gasteiger partial charge in [-0.05, 0) is 12.5 Å². The third-order valence-corrected chi connectivity index (χ3v) is 3.48. The van der Waals surface area contributed by atoms with Gasteiger partial charge in [-0.15, -0.1) is 0 Å². The topological polar surface area (TPSA) is 46.5 Å². The molecule has 0 aliphatic heterocycles. The lowest BCUT2D eigenvalue weighted by atomic mass is 10.2. The van der Waals surface area contributed by atoms with E-state index in [2.05, 4.69) is 0 Å². The molecule has 1 aromatic carbocycles. The minimum atomic E-state index is -0.366. The van der Waals surface area contributed by atoms with E-state index < -0.39 is 0 Å². The molecule has 0 amide bonds. The monoisotopic (exact) mass is 270 g/mol. The van der Waals surface area contributed by atoms with E-state index in [9.17, 15) is 4.79 Å². The minimum absolute atomic E-state index is 0.0296. The molecule has 3 nitrogen and oxygen atoms in total. The predicted octanol–water partition coefficient (Wildman–Crippen LogP) is 2.02. The number of esters is 1. The van der Waals surface area contributed by atoms with Crippen LogP contribution in [-0.4, -0.2) is 33.7 Å². The smallest absolute Gasteiger partial charge is 0.319 e. The molecule has 0 bridgehead atoms. The van der Waals surface area contributed by atoms with Crippen molar-refractivity contribution in [3.63, 3.8) is 0 Å². The Labute approximate surface area is 110 Å². The van der Waals surface area contributed by atoms with Crippen LogP contribution in [-0.2, 0) is 9.53 Å². The fourth-order valence-corrected chi connectivity index (χ4v) is 2.44. The maximum Gasteiger partial charge on any atom is 0.319 e. The van der Waals surface area contributed by atoms with E-state index in [1.54, 1.807) is 6.92 Å². The van der Waals surface area contributed by atoms with Crippen LogP contribution in [0.15, 0.2) is 30.3 Å². The van der Waals surface area contributed by atoms with Gasteiger partial charge in [0.2, 0.25) is 0 Å². The van der Waals surface area contributed by atoms with Crippen LogP contribution in [0.1, 0.15) is 12.5 Å². The zero-order valence-corrected chi connectivity index (χ0v) is 11.1. The number of benzene rings is 1. The Hall–Kier alpha value is -0.910. The number of carbonyl (C=O) groups is 1. The van der Waals surface area contributed by atoms with Crippen molar-refractivity contribution in [3.05, 3.63) is 35.9 Å². The van der Waals surface area contributed by atoms with Gasteiger partial charge in [0.1, 0.15) is 11.9 Å². The standard InChI is InChI=1S/C12H14O3S2/c1-9(11(14)15-8-7-13)17-12(16)10-5-3-2-4-6-10/h2-6,9,13H,7-8H2,1H3. The van der Waals surface area contributed by atoms with Gasteiger partial charge in [-0.2, -0.15) is 0 Å². The van der Waals surface area contributed by atoms with Crippen molar-refractivity contribution in [1.82, 2.24) is 0 Å². The molecule has 5 heteroatoms. The zero-order chi connectivity index (χ0) is 12.7. The second kappa shape index (κ2) is 7.42. The van der Waals surface area contributed by atoms with Crippen LogP contribution in [0.4, 0.5) is 0 Å². The molecule has 0 aliphatic rings. The summed E-state index contributed by atoms with van der Waals surface area (Å²) in [5, 5.41) is 8.18. The van der Waals surface area contributed by atoms with E-state index >= 15 is 0 Å². The molecule has 92 valence electrons. The fourth-order valence-electron chi connectivity index (χ4n) is 1.11. The normalized spacial score (nSPS) is 11.9. The van der Waals surface area contributed by atoms with Gasteiger partial charge in [0.05, 0.1) is 10.8 Å². The first kappa shape index (κ1) is 14.2. The number of ether oxygens (including phenoxy) is 1. The molecular weight excluding hydrogens is 256 g/mol. The maximum absolute atomic E-state index is 11.5. The third-order valence-electron chi connectivity index (χ3n) is 1.96. The number of thioether (sulfide) groups is 1. The molecule has 0 heterocycles. The van der Waals surface area contributed by atoms with Crippen LogP contribution in [0.3, 0.4) is 0 Å². The summed E-state index contributed by atoms with van der Waals surface area (Å²) in [6.07, 6.45) is 0. The van der Waals surface area contributed by atoms with Gasteiger partial charge in [-0.25, -0.2) is 0 Å². The minimum Gasteiger partial charge on any atom is -0.462 e. The zero-order valence-electron chi connectivity index (χ0n) is 9.46. The summed E-state index contributed by atoms with van der Waals surface area (Å²) >= 11 is 6.52. The van der Waals surface area contributed by atoms with E-state index in [-0.39, 0.29) is 24.4 Å². The second-order valence-electron chi connectivity index (χ2n) is 3.30. The molecule has 17 heavy (non-hydrogen) atoms. The molecule has 0 spiro atoms. The Kier molecular flexibility index (Phi) is 6.18. The highest BCUT2D eigenvalue weighted by atomic mass is 32.2. The molecule has 1 N–H and O–H groups in total. The SMILES string of the molecule is CC(SC(=S)c1ccccc1)C(=O)OCCO. The van der Waals surface area contributed by atoms with Crippen molar-refractivity contribution in [3.8, 4) is 0 Å². The highest BCUT2D eigenvalue weighted by molar-refractivity contribution is 8.24. The molecule has 1 atom stereocenters. The van der Waals surface area contributed by atoms with Crippen LogP contribution >= 0.6 is 24.0 Å². The van der Waals surface area contributed by atoms with Gasteiger partial charge in [0.15, 0.2) is 0 Å². The van der Waals surface area contributed by atoms with Crippen LogP contribution < -0.4 is 0 Å². The molecule has 1 unspecified atom stereocenters. The van der Waals surface area contributed by atoms with E-state index in [1.165, 1.54) is 11.8 Å². The Morgan fingerprint density at radius 2 is 2.12 bits per heavy atom. The number of aliphatic hydroxyl groups is 1. The van der Waals surface area contributed by atoms with Gasteiger partial charge in [-0.3, -0.25) is 4.79 Å². The molecule has 0 saturated heterocycles. The van der Waals surface area contributed by atoms with Crippen molar-refractivity contribution < 1.29 is 14.6 Å². The predicted molar refractivity (Wildman–Crippen MR) is 73.2 cm³/mol. The van der Waals surface area contributed by atoms with Gasteiger partial charge in [0, 0.05) is 0 Å². The van der Waals surface area contributed by atoms with Gasteiger partial charge in [0.25, 0.3) is 0 Å². The molecule has 1 rings (SSSR count). The van der Waals surface area contributed by atoms with Gasteiger partial charge in [-0.1, -0.05) is 54.3 Å². The summed E-state index contributed by atoms with van der Waals surface area (Å²) in [6, 6.07) is 9.52. The molecule has 0 radical (unpaired) electrons. The van der Waals surface area contributed by atoms with Crippen LogP contribution in [0.2, 0.25) is 0 Å². The van der Waals surface area contributed by atoms with E-state index in [0.29, 0.717) is 4.20 Å². The summed E-state index contributed by atoms with van der Waals surface area (Å²) < 4.78 is 5.49. The summed E-state index contributed by atoms with van der Waals surface area (Å²) in [5.74, 6) is -0.359. The van der Waals surface area contributed by atoms with Crippen molar-refractivity contribution >= 4 is 34.1 Å². The maximum atomic E-state index is 11.5. The lowest BCUT2D eigenvalue weighted by Gasteiger charge is -2.11. The lowest BCUT2D eigenvalue weighted by Crippen LogP contribution is -2.20. The van der Waals surface area contributed by atoms with E-state index in [4.69, 9.17) is 22.1 Å². The summed E-state index contributed by atoms with van der Waals surface area (Å²) in [6.45, 7) is 1.60. The van der Waals surface area contributed by atoms with Crippen molar-refractivity contribution in [2.75, 3.05) is 13.2 Å². The summed E-state index contributed by atoms with van der Waals surface area (Å²) in [5.41, 5.74) is 0.925. The Morgan fingerprint density at radius 1 is 1.47 bits per heavy atom. The first-order chi connectivity index (χ1) is 8.15. The first-order valence-electron chi connectivity index (χ1n) is 5.18. The number of carbonyl (C=O) groups excluding carboxylic acids is 1. The molecule has 0 aliphatic carbocycles. The average Bonchev–Trinajstić information content (AvgIpc) is 2.36. The first-order valence-corrected chi connectivity index (χ1v) is 6.47. The summed E-state index contributed by atoms with van der Waals surface area (Å²) in [7, 11) is 0. The highest BCUT2D eigenvalue weighted by Crippen LogP contribution is 2.19. The Morgan fingerprint density at radius 3 is 2.71 bits per heavy atom. The Bertz CT molecular complexity index is 379. The van der Waals surface area contributed by atoms with Crippen molar-refractivity contribution in [2.45, 2.75) is 12.2 Å². The number of aliphatic hydroxyl groups excluding tert-OH is 1. The van der Waals surface area contributed by atoms with Crippen molar-refractivity contribution in [1.29, 1.82) is 0 Å². The number of thiocarbonyl (C=S) groups is 1. The van der Waals surface area contributed by atoms with Gasteiger partial charge < -0.3 is 9.84 Å². The van der Waals surface area contributed by atoms with Crippen LogP contribution in [0, 0.1) is 0 Å². The van der Waals surface area contributed by atoms with Crippen LogP contribution in [0.5, 0.6) is 0 Å². The highest BCUT2D eigenvalue weighted by Gasteiger charge is 2.17. The number of hydrogen-bond acceptors (Lipinski definition) is 5. The summed E-state index contributed by atoms with van der Waals surface area (Å²) in [4.78, 5) is 11.5. The second-order valence-corrected chi connectivity index (χ2v) is 5.32. The average molecular weight is 270 g/mol. The molecule has 0 fully saturated rings. The molecule has 1 aromatic rings. The number of rotatable bonds is 5. The number of hydrogen-bond donors (Lipinski definition) is 1. The fraction of sp³-hybridized carbons (Fsp3) is 0.333. The molecule has 0 saturated carbocycles. The van der Waals surface area contributed by atoms with E-state index in [1.807, 2.05) is 30.3 Å². The van der Waals surface area contributed by atoms with Crippen LogP contribution in [0.25, 0.3) is 0 Å². The quantitative estimate of drug-likeness (QED) is 0.655. The third kappa shape index (κ3) is 4.85. The lowest BCUT2D eigenvalue weighted by molar-refractivity contribution is -0.143. The van der Waals surface area contributed by atoms with Crippen molar-refractivity contribution in [2.24, 2.45) is 0 Å². The largest absolute Gasteiger partial charge is 0.462 e. The Balaban J connectivity index is 2.49. The van der Waals surface area contributed by atoms with Gasteiger partial charge >= 0.3 is 5.97 Å². The molecule has 0 aromatic heterocycles.